The summed E-state index contributed by atoms with van der Waals surface area (Å²) in [5, 5.41) is 0. The molecule has 1 amide bonds. The van der Waals surface area contributed by atoms with Crippen LogP contribution in [0.15, 0.2) is 54.6 Å². The Labute approximate surface area is 167 Å². The van der Waals surface area contributed by atoms with Crippen molar-refractivity contribution in [1.29, 1.82) is 0 Å². The van der Waals surface area contributed by atoms with Crippen LogP contribution in [0.25, 0.3) is 0 Å². The summed E-state index contributed by atoms with van der Waals surface area (Å²) in [5.74, 6) is 1.64. The highest BCUT2D eigenvalue weighted by molar-refractivity contribution is 5.88. The zero-order valence-electron chi connectivity index (χ0n) is 16.6. The highest BCUT2D eigenvalue weighted by Crippen LogP contribution is 2.39. The third-order valence-electron chi connectivity index (χ3n) is 6.45. The number of benzene rings is 2. The maximum Gasteiger partial charge on any atom is 0.233 e. The van der Waals surface area contributed by atoms with Gasteiger partial charge in [0.05, 0.1) is 12.5 Å². The number of carbonyl (C=O) groups is 1. The van der Waals surface area contributed by atoms with Crippen molar-refractivity contribution in [3.05, 3.63) is 65.7 Å². The summed E-state index contributed by atoms with van der Waals surface area (Å²) in [6, 6.07) is 18.7. The lowest BCUT2D eigenvalue weighted by atomic mass is 9.72. The molecule has 4 nitrogen and oxygen atoms in total. The van der Waals surface area contributed by atoms with E-state index in [1.807, 2.05) is 12.1 Å². The molecular weight excluding hydrogens is 350 g/mol. The van der Waals surface area contributed by atoms with Crippen molar-refractivity contribution < 1.29 is 14.3 Å². The number of piperidine rings is 1. The molecule has 0 radical (unpaired) electrons. The average molecular weight is 380 g/mol. The minimum absolute atomic E-state index is 0.271. The summed E-state index contributed by atoms with van der Waals surface area (Å²) in [5.41, 5.74) is 2.02. The molecule has 0 saturated carbocycles. The Morgan fingerprint density at radius 1 is 1.00 bits per heavy atom. The van der Waals surface area contributed by atoms with Gasteiger partial charge in [-0.05, 0) is 54.9 Å². The van der Waals surface area contributed by atoms with Gasteiger partial charge in [-0.25, -0.2) is 0 Å². The van der Waals surface area contributed by atoms with Crippen LogP contribution in [0.1, 0.15) is 42.7 Å². The van der Waals surface area contributed by atoms with Crippen LogP contribution in [0.4, 0.5) is 0 Å². The van der Waals surface area contributed by atoms with Crippen LogP contribution in [-0.4, -0.2) is 44.2 Å². The Bertz CT molecular complexity index is 773. The number of carbonyl (C=O) groups excluding carboxylic acids is 1. The van der Waals surface area contributed by atoms with Gasteiger partial charge in [-0.3, -0.25) is 4.79 Å². The van der Waals surface area contributed by atoms with E-state index in [0.717, 1.165) is 50.1 Å². The summed E-state index contributed by atoms with van der Waals surface area (Å²) in [4.78, 5) is 15.8. The molecule has 0 bridgehead atoms. The second kappa shape index (κ2) is 8.36. The van der Waals surface area contributed by atoms with Crippen molar-refractivity contribution in [3.8, 4) is 5.75 Å². The molecule has 4 heteroatoms. The largest absolute Gasteiger partial charge is 0.497 e. The smallest absolute Gasteiger partial charge is 0.233 e. The van der Waals surface area contributed by atoms with Crippen LogP contribution in [0.2, 0.25) is 0 Å². The molecule has 2 aromatic carbocycles. The molecule has 0 atom stereocenters. The van der Waals surface area contributed by atoms with Crippen molar-refractivity contribution >= 4 is 5.91 Å². The standard InChI is InChI=1S/C24H29NO3/c1-27-22-9-7-21(8-10-22)24(13-17-28-18-14-24)23(26)25-15-11-20(12-16-25)19-5-3-2-4-6-19/h2-10,20H,11-18H2,1H3. The Hall–Kier alpha value is -2.33. The zero-order chi connectivity index (χ0) is 19.4. The van der Waals surface area contributed by atoms with Gasteiger partial charge in [0.2, 0.25) is 5.91 Å². The fourth-order valence-corrected chi connectivity index (χ4v) is 4.70. The van der Waals surface area contributed by atoms with E-state index in [-0.39, 0.29) is 5.91 Å². The number of rotatable bonds is 4. The Morgan fingerprint density at radius 2 is 1.64 bits per heavy atom. The van der Waals surface area contributed by atoms with Crippen LogP contribution >= 0.6 is 0 Å². The third-order valence-corrected chi connectivity index (χ3v) is 6.45. The quantitative estimate of drug-likeness (QED) is 0.801. The summed E-state index contributed by atoms with van der Waals surface area (Å²) < 4.78 is 10.9. The first-order valence-corrected chi connectivity index (χ1v) is 10.3. The van der Waals surface area contributed by atoms with Gasteiger partial charge < -0.3 is 14.4 Å². The third kappa shape index (κ3) is 3.66. The van der Waals surface area contributed by atoms with Crippen molar-refractivity contribution in [1.82, 2.24) is 4.90 Å². The minimum Gasteiger partial charge on any atom is -0.497 e. The Morgan fingerprint density at radius 3 is 2.25 bits per heavy atom. The monoisotopic (exact) mass is 379 g/mol. The predicted molar refractivity (Wildman–Crippen MR) is 110 cm³/mol. The molecule has 0 spiro atoms. The maximum atomic E-state index is 13.7. The van der Waals surface area contributed by atoms with Gasteiger partial charge in [0, 0.05) is 26.3 Å². The minimum atomic E-state index is -0.468. The van der Waals surface area contributed by atoms with Gasteiger partial charge in [-0.1, -0.05) is 42.5 Å². The molecule has 2 aliphatic rings. The molecule has 2 heterocycles. The lowest BCUT2D eigenvalue weighted by molar-refractivity contribution is -0.142. The topological polar surface area (TPSA) is 38.8 Å². The molecule has 2 saturated heterocycles. The van der Waals surface area contributed by atoms with E-state index in [9.17, 15) is 4.79 Å². The van der Waals surface area contributed by atoms with Gasteiger partial charge >= 0.3 is 0 Å². The summed E-state index contributed by atoms with van der Waals surface area (Å²) in [6.07, 6.45) is 3.56. The second-order valence-corrected chi connectivity index (χ2v) is 7.90. The van der Waals surface area contributed by atoms with Gasteiger partial charge in [-0.2, -0.15) is 0 Å². The van der Waals surface area contributed by atoms with Crippen molar-refractivity contribution in [2.45, 2.75) is 37.0 Å². The van der Waals surface area contributed by atoms with E-state index in [1.165, 1.54) is 5.56 Å². The predicted octanol–water partition coefficient (Wildman–Crippen LogP) is 4.15. The number of methoxy groups -OCH3 is 1. The summed E-state index contributed by atoms with van der Waals surface area (Å²) in [7, 11) is 1.67. The van der Waals surface area contributed by atoms with E-state index in [1.54, 1.807) is 7.11 Å². The highest BCUT2D eigenvalue weighted by atomic mass is 16.5. The van der Waals surface area contributed by atoms with E-state index in [0.29, 0.717) is 19.1 Å². The van der Waals surface area contributed by atoms with Crippen LogP contribution in [-0.2, 0) is 14.9 Å². The Balaban J connectivity index is 1.52. The average Bonchev–Trinajstić information content (AvgIpc) is 2.80. The van der Waals surface area contributed by atoms with Crippen LogP contribution in [0.3, 0.4) is 0 Å². The maximum absolute atomic E-state index is 13.7. The van der Waals surface area contributed by atoms with Gasteiger partial charge in [0.1, 0.15) is 5.75 Å². The van der Waals surface area contributed by atoms with E-state index < -0.39 is 5.41 Å². The molecule has 0 N–H and O–H groups in total. The number of nitrogens with zero attached hydrogens (tertiary/aromatic N) is 1. The molecule has 0 unspecified atom stereocenters. The van der Waals surface area contributed by atoms with Gasteiger partial charge in [0.25, 0.3) is 0 Å². The first-order valence-electron chi connectivity index (χ1n) is 10.3. The molecule has 2 aliphatic heterocycles. The number of ether oxygens (including phenoxy) is 2. The normalized spacial score (nSPS) is 20.0. The van der Waals surface area contributed by atoms with Crippen LogP contribution < -0.4 is 4.74 Å². The van der Waals surface area contributed by atoms with Gasteiger partial charge in [0.15, 0.2) is 0 Å². The van der Waals surface area contributed by atoms with Crippen LogP contribution in [0, 0.1) is 0 Å². The molecule has 2 fully saturated rings. The molecule has 4 rings (SSSR count). The number of hydrogen-bond donors (Lipinski definition) is 0. The van der Waals surface area contributed by atoms with Gasteiger partial charge in [-0.15, -0.1) is 0 Å². The fraction of sp³-hybridized carbons (Fsp3) is 0.458. The lowest BCUT2D eigenvalue weighted by Crippen LogP contribution is -2.51. The second-order valence-electron chi connectivity index (χ2n) is 7.90. The van der Waals surface area contributed by atoms with Crippen molar-refractivity contribution in [3.63, 3.8) is 0 Å². The Kier molecular flexibility index (Phi) is 5.67. The van der Waals surface area contributed by atoms with E-state index in [2.05, 4.69) is 47.4 Å². The number of likely N-dealkylation sites (tertiary alicyclic amines) is 1. The fourth-order valence-electron chi connectivity index (χ4n) is 4.70. The zero-order valence-corrected chi connectivity index (χ0v) is 16.6. The summed E-state index contributed by atoms with van der Waals surface area (Å²) >= 11 is 0. The van der Waals surface area contributed by atoms with E-state index >= 15 is 0 Å². The van der Waals surface area contributed by atoms with Crippen LogP contribution in [0.5, 0.6) is 5.75 Å². The highest BCUT2D eigenvalue weighted by Gasteiger charge is 2.44. The number of amides is 1. The molecule has 148 valence electrons. The molecule has 28 heavy (non-hydrogen) atoms. The SMILES string of the molecule is COc1ccc(C2(C(=O)N3CCC(c4ccccc4)CC3)CCOCC2)cc1. The van der Waals surface area contributed by atoms with Crippen molar-refractivity contribution in [2.75, 3.05) is 33.4 Å². The number of hydrogen-bond acceptors (Lipinski definition) is 3. The first-order chi connectivity index (χ1) is 13.7. The molecule has 2 aromatic rings. The first kappa shape index (κ1) is 19.0. The molecular formula is C24H29NO3. The molecule has 0 aromatic heterocycles. The summed E-state index contributed by atoms with van der Waals surface area (Å²) in [6.45, 7) is 2.94. The van der Waals surface area contributed by atoms with E-state index in [4.69, 9.17) is 9.47 Å². The van der Waals surface area contributed by atoms with Crippen molar-refractivity contribution in [2.24, 2.45) is 0 Å². The lowest BCUT2D eigenvalue weighted by Gasteiger charge is -2.42. The molecule has 0 aliphatic carbocycles.